The molecule has 0 saturated carbocycles. The first-order chi connectivity index (χ1) is 11.1. The Labute approximate surface area is 134 Å². The van der Waals surface area contributed by atoms with Crippen LogP contribution in [0, 0.1) is 10.1 Å². The number of anilines is 1. The third kappa shape index (κ3) is 4.54. The quantitative estimate of drug-likeness (QED) is 0.482. The first-order valence-electron chi connectivity index (χ1n) is 7.19. The molecule has 23 heavy (non-hydrogen) atoms. The molecule has 0 aliphatic heterocycles. The predicted octanol–water partition coefficient (Wildman–Crippen LogP) is 3.05. The van der Waals surface area contributed by atoms with Crippen molar-refractivity contribution in [3.63, 3.8) is 0 Å². The van der Waals surface area contributed by atoms with Gasteiger partial charge < -0.3 is 10.1 Å². The van der Waals surface area contributed by atoms with Crippen molar-refractivity contribution in [2.24, 2.45) is 0 Å². The molecule has 6 nitrogen and oxygen atoms in total. The number of carbonyl (C=O) groups is 1. The Kier molecular flexibility index (Phi) is 5.68. The normalized spacial score (nSPS) is 12.9. The van der Waals surface area contributed by atoms with E-state index < -0.39 is 16.9 Å². The third-order valence-electron chi connectivity index (χ3n) is 3.50. The summed E-state index contributed by atoms with van der Waals surface area (Å²) in [6, 6.07) is 16.9. The van der Waals surface area contributed by atoms with Gasteiger partial charge in [0.05, 0.1) is 19.6 Å². The van der Waals surface area contributed by atoms with Crippen LogP contribution in [0.4, 0.5) is 5.69 Å². The summed E-state index contributed by atoms with van der Waals surface area (Å²) in [5.74, 6) is -0.842. The molecule has 0 bridgehead atoms. The van der Waals surface area contributed by atoms with Gasteiger partial charge in [0.25, 0.3) is 0 Å². The molecule has 0 heterocycles. The number of methoxy groups -OCH3 is 1. The summed E-state index contributed by atoms with van der Waals surface area (Å²) in [6.45, 7) is 0. The summed E-state index contributed by atoms with van der Waals surface area (Å²) < 4.78 is 4.55. The van der Waals surface area contributed by atoms with Crippen LogP contribution < -0.4 is 5.32 Å². The van der Waals surface area contributed by atoms with Gasteiger partial charge >= 0.3 is 12.0 Å². The number of nitro groups is 1. The van der Waals surface area contributed by atoms with E-state index in [4.69, 9.17) is 0 Å². The highest BCUT2D eigenvalue weighted by molar-refractivity contribution is 5.74. The minimum atomic E-state index is -1.42. The summed E-state index contributed by atoms with van der Waals surface area (Å²) in [4.78, 5) is 22.3. The lowest BCUT2D eigenvalue weighted by Gasteiger charge is -2.21. The van der Waals surface area contributed by atoms with Crippen molar-refractivity contribution in [1.29, 1.82) is 0 Å². The van der Waals surface area contributed by atoms with Crippen LogP contribution in [0.3, 0.4) is 0 Å². The summed E-state index contributed by atoms with van der Waals surface area (Å²) in [7, 11) is 1.15. The molecule has 6 heteroatoms. The van der Waals surface area contributed by atoms with Gasteiger partial charge in [-0.15, -0.1) is 0 Å². The summed E-state index contributed by atoms with van der Waals surface area (Å²) in [5, 5.41) is 14.4. The number of nitrogens with one attached hydrogen (secondary N) is 1. The predicted molar refractivity (Wildman–Crippen MR) is 86.7 cm³/mol. The molecule has 2 aromatic rings. The lowest BCUT2D eigenvalue weighted by atomic mass is 9.99. The lowest BCUT2D eigenvalue weighted by Crippen LogP contribution is -2.34. The Hall–Kier alpha value is -2.89. The van der Waals surface area contributed by atoms with Crippen molar-refractivity contribution in [1.82, 2.24) is 0 Å². The van der Waals surface area contributed by atoms with Crippen LogP contribution in [-0.4, -0.2) is 24.0 Å². The van der Waals surface area contributed by atoms with Gasteiger partial charge in [-0.1, -0.05) is 48.5 Å². The number of rotatable bonds is 7. The zero-order valence-electron chi connectivity index (χ0n) is 12.7. The number of benzene rings is 2. The van der Waals surface area contributed by atoms with Gasteiger partial charge in [0.15, 0.2) is 0 Å². The summed E-state index contributed by atoms with van der Waals surface area (Å²) in [6.07, 6.45) is -0.00141. The molecule has 2 unspecified atom stereocenters. The highest BCUT2D eigenvalue weighted by Gasteiger charge is 2.34. The smallest absolute Gasteiger partial charge is 0.381 e. The van der Waals surface area contributed by atoms with Crippen molar-refractivity contribution >= 4 is 11.7 Å². The van der Waals surface area contributed by atoms with Crippen LogP contribution in [-0.2, 0) is 9.53 Å². The minimum Gasteiger partial charge on any atom is -0.464 e. The van der Waals surface area contributed by atoms with E-state index in [-0.39, 0.29) is 12.5 Å². The number of carbonyl (C=O) groups excluding carboxylic acids is 1. The Morgan fingerprint density at radius 1 is 1.13 bits per heavy atom. The van der Waals surface area contributed by atoms with Gasteiger partial charge in [0.1, 0.15) is 0 Å². The first-order valence-corrected chi connectivity index (χ1v) is 7.19. The molecule has 0 aliphatic carbocycles. The van der Waals surface area contributed by atoms with Gasteiger partial charge in [-0.3, -0.25) is 10.1 Å². The summed E-state index contributed by atoms with van der Waals surface area (Å²) >= 11 is 0. The Balaban J connectivity index is 2.26. The highest BCUT2D eigenvalue weighted by atomic mass is 16.6. The monoisotopic (exact) mass is 314 g/mol. The molecule has 0 amide bonds. The molecule has 0 aliphatic rings. The summed E-state index contributed by atoms with van der Waals surface area (Å²) in [5.41, 5.74) is 1.69. The highest BCUT2D eigenvalue weighted by Crippen LogP contribution is 2.25. The maximum Gasteiger partial charge on any atom is 0.381 e. The van der Waals surface area contributed by atoms with E-state index in [9.17, 15) is 14.9 Å². The van der Waals surface area contributed by atoms with Crippen molar-refractivity contribution in [3.8, 4) is 0 Å². The minimum absolute atomic E-state index is 0.00141. The standard InChI is InChI=1S/C17H18N2O4/c1-23-17(20)16(19(21)22)12-15(13-8-4-2-5-9-13)18-14-10-6-3-7-11-14/h2-11,15-16,18H,12H2,1H3. The average Bonchev–Trinajstić information content (AvgIpc) is 2.59. The number of para-hydroxylation sites is 1. The van der Waals surface area contributed by atoms with Gasteiger partial charge in [0.2, 0.25) is 0 Å². The van der Waals surface area contributed by atoms with Crippen molar-refractivity contribution in [3.05, 3.63) is 76.3 Å². The molecule has 2 atom stereocenters. The second-order valence-electron chi connectivity index (χ2n) is 5.03. The molecule has 2 rings (SSSR count). The zero-order valence-corrected chi connectivity index (χ0v) is 12.7. The van der Waals surface area contributed by atoms with Crippen LogP contribution >= 0.6 is 0 Å². The number of esters is 1. The molecular weight excluding hydrogens is 296 g/mol. The van der Waals surface area contributed by atoms with Gasteiger partial charge in [-0.25, -0.2) is 4.79 Å². The second-order valence-corrected chi connectivity index (χ2v) is 5.03. The van der Waals surface area contributed by atoms with Crippen LogP contribution in [0.15, 0.2) is 60.7 Å². The van der Waals surface area contributed by atoms with E-state index in [1.807, 2.05) is 60.7 Å². The molecule has 0 radical (unpaired) electrons. The van der Waals surface area contributed by atoms with E-state index in [2.05, 4.69) is 10.1 Å². The van der Waals surface area contributed by atoms with Gasteiger partial charge in [-0.2, -0.15) is 0 Å². The SMILES string of the molecule is COC(=O)C(CC(Nc1ccccc1)c1ccccc1)[N+](=O)[O-]. The topological polar surface area (TPSA) is 81.5 Å². The fourth-order valence-electron chi connectivity index (χ4n) is 2.33. The first kappa shape index (κ1) is 16.5. The lowest BCUT2D eigenvalue weighted by molar-refractivity contribution is -0.511. The molecule has 0 fully saturated rings. The molecule has 1 N–H and O–H groups in total. The van der Waals surface area contributed by atoms with Crippen molar-refractivity contribution in [2.75, 3.05) is 12.4 Å². The van der Waals surface area contributed by atoms with E-state index in [1.54, 1.807) is 0 Å². The van der Waals surface area contributed by atoms with E-state index >= 15 is 0 Å². The average molecular weight is 314 g/mol. The van der Waals surface area contributed by atoms with Crippen LogP contribution in [0.2, 0.25) is 0 Å². The molecule has 120 valence electrons. The second kappa shape index (κ2) is 7.93. The number of nitrogens with zero attached hydrogens (tertiary/aromatic N) is 1. The van der Waals surface area contributed by atoms with Crippen molar-refractivity contribution < 1.29 is 14.5 Å². The van der Waals surface area contributed by atoms with Gasteiger partial charge in [0, 0.05) is 10.6 Å². The van der Waals surface area contributed by atoms with Crippen LogP contribution in [0.1, 0.15) is 18.0 Å². The number of hydrogen-bond donors (Lipinski definition) is 1. The van der Waals surface area contributed by atoms with E-state index in [0.29, 0.717) is 0 Å². The number of ether oxygens (including phenoxy) is 1. The Morgan fingerprint density at radius 2 is 1.70 bits per heavy atom. The van der Waals surface area contributed by atoms with Crippen LogP contribution in [0.25, 0.3) is 0 Å². The zero-order chi connectivity index (χ0) is 16.7. The number of hydrogen-bond acceptors (Lipinski definition) is 5. The van der Waals surface area contributed by atoms with Crippen LogP contribution in [0.5, 0.6) is 0 Å². The maximum atomic E-state index is 11.7. The Morgan fingerprint density at radius 3 is 2.22 bits per heavy atom. The van der Waals surface area contributed by atoms with E-state index in [1.165, 1.54) is 0 Å². The fourth-order valence-corrected chi connectivity index (χ4v) is 2.33. The molecule has 0 spiro atoms. The molecule has 0 saturated heterocycles. The van der Waals surface area contributed by atoms with Gasteiger partial charge in [-0.05, 0) is 17.7 Å². The third-order valence-corrected chi connectivity index (χ3v) is 3.50. The largest absolute Gasteiger partial charge is 0.464 e. The molecule has 0 aromatic heterocycles. The molecular formula is C17H18N2O4. The van der Waals surface area contributed by atoms with E-state index in [0.717, 1.165) is 18.4 Å². The molecule has 2 aromatic carbocycles. The van der Waals surface area contributed by atoms with Crippen molar-refractivity contribution in [2.45, 2.75) is 18.5 Å². The fraction of sp³-hybridized carbons (Fsp3) is 0.235. The maximum absolute atomic E-state index is 11.7. The Bertz CT molecular complexity index is 646.